The fourth-order valence-corrected chi connectivity index (χ4v) is 4.14. The van der Waals surface area contributed by atoms with Crippen LogP contribution in [-0.4, -0.2) is 43.8 Å². The summed E-state index contributed by atoms with van der Waals surface area (Å²) >= 11 is 0. The van der Waals surface area contributed by atoms with Gasteiger partial charge in [0.05, 0.1) is 18.3 Å². The molecule has 1 aliphatic rings. The first-order valence-electron chi connectivity index (χ1n) is 11.1. The summed E-state index contributed by atoms with van der Waals surface area (Å²) in [4.78, 5) is 19.2. The number of hydrogen-bond donors (Lipinski definition) is 0. The smallest absolute Gasteiger partial charge is 0.292 e. The molecule has 4 heterocycles. The molecular weight excluding hydrogens is 425 g/mol. The number of carbonyl (C=O) groups is 1. The van der Waals surface area contributed by atoms with Gasteiger partial charge in [-0.2, -0.15) is 5.10 Å². The van der Waals surface area contributed by atoms with Crippen LogP contribution in [0.15, 0.2) is 57.9 Å². The summed E-state index contributed by atoms with van der Waals surface area (Å²) in [5, 5.41) is 8.28. The summed E-state index contributed by atoms with van der Waals surface area (Å²) in [6.45, 7) is 3.88. The lowest BCUT2D eigenvalue weighted by molar-refractivity contribution is 0.0656. The third-order valence-corrected chi connectivity index (χ3v) is 5.87. The molecule has 33 heavy (non-hydrogen) atoms. The molecule has 0 N–H and O–H groups in total. The molecule has 3 aromatic heterocycles. The predicted octanol–water partition coefficient (Wildman–Crippen LogP) is 4.30. The van der Waals surface area contributed by atoms with Crippen LogP contribution in [0, 0.1) is 5.82 Å². The maximum Gasteiger partial charge on any atom is 0.292 e. The van der Waals surface area contributed by atoms with Gasteiger partial charge in [-0.1, -0.05) is 17.3 Å². The maximum absolute atomic E-state index is 13.4. The minimum Gasteiger partial charge on any atom is -0.445 e. The van der Waals surface area contributed by atoms with Gasteiger partial charge in [-0.05, 0) is 37.5 Å². The zero-order valence-corrected chi connectivity index (χ0v) is 18.3. The van der Waals surface area contributed by atoms with Gasteiger partial charge < -0.3 is 13.8 Å². The van der Waals surface area contributed by atoms with Crippen LogP contribution in [0.5, 0.6) is 0 Å². The number of likely N-dealkylation sites (tertiary alicyclic amines) is 1. The molecule has 1 atom stereocenters. The second kappa shape index (κ2) is 9.01. The largest absolute Gasteiger partial charge is 0.445 e. The Hall–Kier alpha value is -3.75. The molecule has 9 heteroatoms. The topological polar surface area (TPSA) is 90.2 Å². The minimum atomic E-state index is -0.275. The van der Waals surface area contributed by atoms with E-state index in [0.717, 1.165) is 30.5 Å². The number of piperidine rings is 1. The van der Waals surface area contributed by atoms with E-state index in [1.54, 1.807) is 34.1 Å². The Morgan fingerprint density at radius 2 is 2.18 bits per heavy atom. The number of halogens is 1. The number of amides is 1. The molecule has 0 spiro atoms. The van der Waals surface area contributed by atoms with E-state index in [2.05, 4.69) is 15.2 Å². The maximum atomic E-state index is 13.4. The number of aryl methyl sites for hydroxylation is 1. The highest BCUT2D eigenvalue weighted by molar-refractivity contribution is 5.92. The third-order valence-electron chi connectivity index (χ3n) is 5.87. The summed E-state index contributed by atoms with van der Waals surface area (Å²) in [6, 6.07) is 8.09. The molecule has 0 aliphatic carbocycles. The van der Waals surface area contributed by atoms with E-state index in [1.807, 2.05) is 19.2 Å². The lowest BCUT2D eigenvalue weighted by atomic mass is 9.98. The van der Waals surface area contributed by atoms with Crippen molar-refractivity contribution in [3.8, 4) is 11.3 Å². The van der Waals surface area contributed by atoms with Crippen LogP contribution in [-0.2, 0) is 13.0 Å². The first-order valence-corrected chi connectivity index (χ1v) is 11.1. The van der Waals surface area contributed by atoms with Crippen LogP contribution in [0.25, 0.3) is 11.3 Å². The molecule has 1 amide bonds. The zero-order chi connectivity index (χ0) is 22.8. The summed E-state index contributed by atoms with van der Waals surface area (Å²) < 4.78 is 26.5. The molecule has 5 rings (SSSR count). The molecule has 0 bridgehead atoms. The number of hydrogen-bond acceptors (Lipinski definition) is 6. The monoisotopic (exact) mass is 449 g/mol. The quantitative estimate of drug-likeness (QED) is 0.436. The van der Waals surface area contributed by atoms with Crippen LogP contribution >= 0.6 is 0 Å². The van der Waals surface area contributed by atoms with Gasteiger partial charge in [-0.15, -0.1) is 0 Å². The van der Waals surface area contributed by atoms with Crippen molar-refractivity contribution in [2.24, 2.45) is 0 Å². The number of rotatable bonds is 6. The average molecular weight is 449 g/mol. The molecule has 0 saturated carbocycles. The van der Waals surface area contributed by atoms with Crippen molar-refractivity contribution in [3.63, 3.8) is 0 Å². The Morgan fingerprint density at radius 1 is 1.27 bits per heavy atom. The van der Waals surface area contributed by atoms with Crippen molar-refractivity contribution in [2.45, 2.75) is 38.6 Å². The zero-order valence-electron chi connectivity index (χ0n) is 18.3. The molecule has 0 radical (unpaired) electrons. The standard InChI is InChI=1S/C24H24FN5O3/c1-2-30-15-18(12-27-30)21-11-22(33-28-21)24(31)29-8-4-6-17(14-29)23-26-13-20(32-23)10-16-5-3-7-19(25)9-16/h3,5,7,9,11-13,15,17H,2,4,6,8,10,14H2,1H3/t17-/m1/s1. The Bertz CT molecular complexity index is 1260. The number of nitrogens with zero attached hydrogens (tertiary/aromatic N) is 5. The number of oxazole rings is 1. The molecular formula is C24H24FN5O3. The summed E-state index contributed by atoms with van der Waals surface area (Å²) in [5.74, 6) is 0.996. The summed E-state index contributed by atoms with van der Waals surface area (Å²) in [7, 11) is 0. The number of aromatic nitrogens is 4. The second-order valence-electron chi connectivity index (χ2n) is 8.22. The van der Waals surface area contributed by atoms with Gasteiger partial charge in [0.1, 0.15) is 17.3 Å². The van der Waals surface area contributed by atoms with Gasteiger partial charge >= 0.3 is 0 Å². The van der Waals surface area contributed by atoms with E-state index in [-0.39, 0.29) is 23.4 Å². The van der Waals surface area contributed by atoms with Crippen LogP contribution < -0.4 is 0 Å². The Kier molecular flexibility index (Phi) is 5.77. The van der Waals surface area contributed by atoms with E-state index in [0.29, 0.717) is 36.9 Å². The lowest BCUT2D eigenvalue weighted by Gasteiger charge is -2.30. The van der Waals surface area contributed by atoms with Crippen LogP contribution in [0.4, 0.5) is 4.39 Å². The van der Waals surface area contributed by atoms with Crippen molar-refractivity contribution in [2.75, 3.05) is 13.1 Å². The highest BCUT2D eigenvalue weighted by Crippen LogP contribution is 2.29. The van der Waals surface area contributed by atoms with Gasteiger partial charge in [0, 0.05) is 43.9 Å². The molecule has 1 aliphatic heterocycles. The van der Waals surface area contributed by atoms with Crippen LogP contribution in [0.2, 0.25) is 0 Å². The SMILES string of the molecule is CCn1cc(-c2cc(C(=O)N3CCC[C@@H](c4ncc(Cc5cccc(F)c5)o4)C3)on2)cn1. The van der Waals surface area contributed by atoms with E-state index in [4.69, 9.17) is 8.94 Å². The normalized spacial score (nSPS) is 16.3. The van der Waals surface area contributed by atoms with Gasteiger partial charge in [0.2, 0.25) is 5.76 Å². The Morgan fingerprint density at radius 3 is 3.00 bits per heavy atom. The number of carbonyl (C=O) groups excluding carboxylic acids is 1. The highest BCUT2D eigenvalue weighted by Gasteiger charge is 2.30. The minimum absolute atomic E-state index is 0.00543. The summed E-state index contributed by atoms with van der Waals surface area (Å²) in [6.07, 6.45) is 7.43. The van der Waals surface area contributed by atoms with Crippen molar-refractivity contribution in [3.05, 3.63) is 77.7 Å². The molecule has 170 valence electrons. The molecule has 1 aromatic carbocycles. The molecule has 1 fully saturated rings. The van der Waals surface area contributed by atoms with Crippen molar-refractivity contribution in [1.29, 1.82) is 0 Å². The van der Waals surface area contributed by atoms with E-state index in [9.17, 15) is 9.18 Å². The molecule has 1 saturated heterocycles. The van der Waals surface area contributed by atoms with E-state index >= 15 is 0 Å². The molecule has 0 unspecified atom stereocenters. The van der Waals surface area contributed by atoms with E-state index in [1.165, 1.54) is 12.1 Å². The molecule has 4 aromatic rings. The predicted molar refractivity (Wildman–Crippen MR) is 117 cm³/mol. The Balaban J connectivity index is 1.25. The van der Waals surface area contributed by atoms with E-state index < -0.39 is 0 Å². The van der Waals surface area contributed by atoms with Crippen molar-refractivity contribution >= 4 is 5.91 Å². The lowest BCUT2D eigenvalue weighted by Crippen LogP contribution is -2.39. The van der Waals surface area contributed by atoms with Gasteiger partial charge in [-0.3, -0.25) is 9.48 Å². The van der Waals surface area contributed by atoms with Gasteiger partial charge in [0.25, 0.3) is 5.91 Å². The van der Waals surface area contributed by atoms with Crippen molar-refractivity contribution < 1.29 is 18.1 Å². The Labute approximate surface area is 190 Å². The summed E-state index contributed by atoms with van der Waals surface area (Å²) in [5.41, 5.74) is 2.21. The first kappa shape index (κ1) is 21.1. The highest BCUT2D eigenvalue weighted by atomic mass is 19.1. The first-order chi connectivity index (χ1) is 16.1. The van der Waals surface area contributed by atoms with Crippen molar-refractivity contribution in [1.82, 2.24) is 24.8 Å². The average Bonchev–Trinajstić information content (AvgIpc) is 3.59. The third kappa shape index (κ3) is 4.57. The van der Waals surface area contributed by atoms with Crippen LogP contribution in [0.3, 0.4) is 0 Å². The van der Waals surface area contributed by atoms with Gasteiger partial charge in [0.15, 0.2) is 5.89 Å². The molecule has 8 nitrogen and oxygen atoms in total. The van der Waals surface area contributed by atoms with Gasteiger partial charge in [-0.25, -0.2) is 9.37 Å². The fourth-order valence-electron chi connectivity index (χ4n) is 4.14. The second-order valence-corrected chi connectivity index (χ2v) is 8.22. The fraction of sp³-hybridized carbons (Fsp3) is 0.333. The number of benzene rings is 1. The van der Waals surface area contributed by atoms with Crippen LogP contribution in [0.1, 0.15) is 53.5 Å².